The Labute approximate surface area is 87.2 Å². The zero-order valence-electron chi connectivity index (χ0n) is 8.77. The summed E-state index contributed by atoms with van der Waals surface area (Å²) < 4.78 is 1.84. The van der Waals surface area contributed by atoms with Crippen molar-refractivity contribution in [3.8, 4) is 0 Å². The number of nitrogens with zero attached hydrogens (tertiary/aromatic N) is 4. The third-order valence-corrected chi connectivity index (χ3v) is 2.33. The Hall–Kier alpha value is -1.78. The highest BCUT2D eigenvalue weighted by Gasteiger charge is 2.10. The lowest BCUT2D eigenvalue weighted by Crippen LogP contribution is -2.05. The summed E-state index contributed by atoms with van der Waals surface area (Å²) >= 11 is 0. The fraction of sp³-hybridized carbons (Fsp3) is 0.400. The first-order valence-electron chi connectivity index (χ1n) is 4.89. The average molecular weight is 204 g/mol. The summed E-state index contributed by atoms with van der Waals surface area (Å²) in [6, 6.07) is 0. The second kappa shape index (κ2) is 3.76. The van der Waals surface area contributed by atoms with Crippen LogP contribution in [0.5, 0.6) is 0 Å². The Bertz CT molecular complexity index is 503. The molecule has 15 heavy (non-hydrogen) atoms. The van der Waals surface area contributed by atoms with Crippen LogP contribution in [0, 0.1) is 6.92 Å². The summed E-state index contributed by atoms with van der Waals surface area (Å²) in [5, 5.41) is 7.95. The standard InChI is InChI=1S/C10H12N4O/c1-3-8(15)6-9-10-13-12-7(2)14(10)5-4-11-9/h4-5H,3,6H2,1-2H3. The summed E-state index contributed by atoms with van der Waals surface area (Å²) in [6.45, 7) is 3.71. The monoisotopic (exact) mass is 204 g/mol. The number of aryl methyl sites for hydroxylation is 1. The molecule has 0 N–H and O–H groups in total. The summed E-state index contributed by atoms with van der Waals surface area (Å²) in [5.74, 6) is 0.967. The Balaban J connectivity index is 2.47. The minimum absolute atomic E-state index is 0.163. The van der Waals surface area contributed by atoms with Crippen molar-refractivity contribution in [2.24, 2.45) is 0 Å². The lowest BCUT2D eigenvalue weighted by atomic mass is 10.2. The lowest BCUT2D eigenvalue weighted by Gasteiger charge is -2.00. The van der Waals surface area contributed by atoms with E-state index in [0.717, 1.165) is 5.82 Å². The number of rotatable bonds is 3. The van der Waals surface area contributed by atoms with E-state index in [0.29, 0.717) is 24.2 Å². The van der Waals surface area contributed by atoms with Crippen LogP contribution in [0.4, 0.5) is 0 Å². The van der Waals surface area contributed by atoms with Gasteiger partial charge in [0.05, 0.1) is 12.1 Å². The van der Waals surface area contributed by atoms with Gasteiger partial charge in [-0.2, -0.15) is 0 Å². The highest BCUT2D eigenvalue weighted by atomic mass is 16.1. The molecule has 2 aromatic rings. The minimum Gasteiger partial charge on any atom is -0.299 e. The molecular weight excluding hydrogens is 192 g/mol. The van der Waals surface area contributed by atoms with Crippen LogP contribution in [0.1, 0.15) is 24.9 Å². The van der Waals surface area contributed by atoms with E-state index in [1.165, 1.54) is 0 Å². The first-order chi connectivity index (χ1) is 7.22. The van der Waals surface area contributed by atoms with Gasteiger partial charge in [-0.15, -0.1) is 10.2 Å². The molecule has 2 heterocycles. The zero-order valence-corrected chi connectivity index (χ0v) is 8.77. The van der Waals surface area contributed by atoms with Crippen LogP contribution in [0.3, 0.4) is 0 Å². The molecule has 0 atom stereocenters. The number of hydrogen-bond donors (Lipinski definition) is 0. The Morgan fingerprint density at radius 2 is 2.27 bits per heavy atom. The van der Waals surface area contributed by atoms with Crippen LogP contribution in [0.15, 0.2) is 12.4 Å². The molecule has 0 bridgehead atoms. The van der Waals surface area contributed by atoms with E-state index in [-0.39, 0.29) is 5.78 Å². The number of fused-ring (bicyclic) bond motifs is 1. The number of carbonyl (C=O) groups is 1. The van der Waals surface area contributed by atoms with Crippen molar-refractivity contribution in [3.05, 3.63) is 23.9 Å². The van der Waals surface area contributed by atoms with Crippen LogP contribution in [-0.2, 0) is 11.2 Å². The van der Waals surface area contributed by atoms with Gasteiger partial charge in [-0.1, -0.05) is 6.92 Å². The van der Waals surface area contributed by atoms with Crippen molar-refractivity contribution in [2.45, 2.75) is 26.7 Å². The Kier molecular flexibility index (Phi) is 2.45. The molecule has 0 amide bonds. The van der Waals surface area contributed by atoms with Gasteiger partial charge in [-0.3, -0.25) is 14.2 Å². The largest absolute Gasteiger partial charge is 0.299 e. The number of aromatic nitrogens is 4. The van der Waals surface area contributed by atoms with Gasteiger partial charge in [0, 0.05) is 18.8 Å². The fourth-order valence-electron chi connectivity index (χ4n) is 1.43. The third-order valence-electron chi connectivity index (χ3n) is 2.33. The van der Waals surface area contributed by atoms with Crippen molar-refractivity contribution >= 4 is 11.4 Å². The SMILES string of the molecule is CCC(=O)Cc1nccn2c(C)nnc12. The summed E-state index contributed by atoms with van der Waals surface area (Å²) in [4.78, 5) is 15.5. The van der Waals surface area contributed by atoms with Gasteiger partial charge in [0.1, 0.15) is 11.6 Å². The van der Waals surface area contributed by atoms with Crippen molar-refractivity contribution in [3.63, 3.8) is 0 Å². The third kappa shape index (κ3) is 1.72. The van der Waals surface area contributed by atoms with Gasteiger partial charge < -0.3 is 0 Å². The van der Waals surface area contributed by atoms with Gasteiger partial charge >= 0.3 is 0 Å². The van der Waals surface area contributed by atoms with Gasteiger partial charge in [-0.25, -0.2) is 0 Å². The van der Waals surface area contributed by atoms with E-state index in [4.69, 9.17) is 0 Å². The molecule has 2 rings (SSSR count). The van der Waals surface area contributed by atoms with Gasteiger partial charge in [0.25, 0.3) is 0 Å². The second-order valence-corrected chi connectivity index (χ2v) is 3.38. The molecule has 0 aliphatic heterocycles. The minimum atomic E-state index is 0.163. The van der Waals surface area contributed by atoms with Crippen LogP contribution < -0.4 is 0 Å². The Morgan fingerprint density at radius 3 is 3.00 bits per heavy atom. The zero-order chi connectivity index (χ0) is 10.8. The smallest absolute Gasteiger partial charge is 0.183 e. The molecule has 0 aromatic carbocycles. The van der Waals surface area contributed by atoms with Crippen LogP contribution in [0.2, 0.25) is 0 Å². The maximum atomic E-state index is 11.3. The molecule has 5 nitrogen and oxygen atoms in total. The molecule has 0 saturated heterocycles. The molecule has 0 saturated carbocycles. The molecule has 0 aliphatic carbocycles. The summed E-state index contributed by atoms with van der Waals surface area (Å²) in [6.07, 6.45) is 4.32. The molecule has 5 heteroatoms. The van der Waals surface area contributed by atoms with E-state index in [2.05, 4.69) is 15.2 Å². The number of Topliss-reactive ketones (excluding diaryl/α,β-unsaturated/α-hetero) is 1. The van der Waals surface area contributed by atoms with Crippen LogP contribution >= 0.6 is 0 Å². The predicted molar refractivity (Wildman–Crippen MR) is 54.5 cm³/mol. The molecule has 0 aliphatic rings. The van der Waals surface area contributed by atoms with Gasteiger partial charge in [0.2, 0.25) is 0 Å². The average Bonchev–Trinajstić information content (AvgIpc) is 2.62. The molecular formula is C10H12N4O. The Morgan fingerprint density at radius 1 is 1.47 bits per heavy atom. The fourth-order valence-corrected chi connectivity index (χ4v) is 1.43. The number of carbonyl (C=O) groups excluding carboxylic acids is 1. The maximum absolute atomic E-state index is 11.3. The number of hydrogen-bond acceptors (Lipinski definition) is 4. The highest BCUT2D eigenvalue weighted by molar-refractivity contribution is 5.81. The van der Waals surface area contributed by atoms with Crippen molar-refractivity contribution in [1.82, 2.24) is 19.6 Å². The summed E-state index contributed by atoms with van der Waals surface area (Å²) in [5.41, 5.74) is 1.38. The van der Waals surface area contributed by atoms with Crippen LogP contribution in [0.25, 0.3) is 5.65 Å². The molecule has 0 radical (unpaired) electrons. The molecule has 78 valence electrons. The summed E-state index contributed by atoms with van der Waals surface area (Å²) in [7, 11) is 0. The molecule has 0 spiro atoms. The second-order valence-electron chi connectivity index (χ2n) is 3.38. The van der Waals surface area contributed by atoms with E-state index in [1.807, 2.05) is 18.2 Å². The van der Waals surface area contributed by atoms with E-state index in [1.54, 1.807) is 12.4 Å². The quantitative estimate of drug-likeness (QED) is 0.747. The van der Waals surface area contributed by atoms with E-state index in [9.17, 15) is 4.79 Å². The van der Waals surface area contributed by atoms with Crippen molar-refractivity contribution in [2.75, 3.05) is 0 Å². The predicted octanol–water partition coefficient (Wildman–Crippen LogP) is 0.954. The number of ketones is 1. The molecule has 2 aromatic heterocycles. The topological polar surface area (TPSA) is 60.2 Å². The first-order valence-corrected chi connectivity index (χ1v) is 4.89. The maximum Gasteiger partial charge on any atom is 0.183 e. The van der Waals surface area contributed by atoms with Crippen LogP contribution in [-0.4, -0.2) is 25.4 Å². The van der Waals surface area contributed by atoms with Crippen molar-refractivity contribution in [1.29, 1.82) is 0 Å². The van der Waals surface area contributed by atoms with Crippen molar-refractivity contribution < 1.29 is 4.79 Å². The van der Waals surface area contributed by atoms with Gasteiger partial charge in [-0.05, 0) is 6.92 Å². The van der Waals surface area contributed by atoms with E-state index < -0.39 is 0 Å². The van der Waals surface area contributed by atoms with E-state index >= 15 is 0 Å². The molecule has 0 unspecified atom stereocenters. The highest BCUT2D eigenvalue weighted by Crippen LogP contribution is 2.08. The normalized spacial score (nSPS) is 10.8. The lowest BCUT2D eigenvalue weighted by molar-refractivity contribution is -0.118. The van der Waals surface area contributed by atoms with Gasteiger partial charge in [0.15, 0.2) is 5.65 Å². The molecule has 0 fully saturated rings. The first kappa shape index (κ1) is 9.76.